The third-order valence-corrected chi connectivity index (χ3v) is 0. The van der Waals surface area contributed by atoms with Gasteiger partial charge in [0.2, 0.25) is 0 Å². The van der Waals surface area contributed by atoms with Crippen molar-refractivity contribution in [3.05, 3.63) is 0 Å². The number of rotatable bonds is 0. The first-order chi connectivity index (χ1) is 4.00. The van der Waals surface area contributed by atoms with Crippen LogP contribution in [-0.4, -0.2) is 0 Å². The maximum absolute atomic E-state index is 8.59. The molecule has 0 bridgehead atoms. The van der Waals surface area contributed by atoms with Gasteiger partial charge in [-0.3, -0.25) is 0 Å². The molecule has 70 valence electrons. The molecule has 0 aromatic rings. The molecule has 8 nitrogen and oxygen atoms in total. The molecule has 0 N–H and O–H groups in total. The van der Waals surface area contributed by atoms with Crippen LogP contribution in [0.3, 0.4) is 0 Å². The average molecular weight is 353 g/mol. The van der Waals surface area contributed by atoms with Crippen LogP contribution in [0.2, 0.25) is 0 Å². The standard InChI is InChI=1S/2Cr.Fe.8O.Zn/q;;+2;;;;;4*-1;+2. The van der Waals surface area contributed by atoms with Crippen LogP contribution in [0, 0.1) is 0 Å². The Morgan fingerprint density at radius 3 is 0.667 bits per heavy atom. The molecule has 0 heterocycles. The van der Waals surface area contributed by atoms with Gasteiger partial charge < -0.3 is 0 Å². The van der Waals surface area contributed by atoms with Crippen LogP contribution in [0.4, 0.5) is 0 Å². The van der Waals surface area contributed by atoms with Gasteiger partial charge in [-0.05, 0) is 0 Å². The van der Waals surface area contributed by atoms with Gasteiger partial charge in [-0.15, -0.1) is 0 Å². The zero-order valence-electron chi connectivity index (χ0n) is 5.14. The monoisotopic (exact) mass is 352 g/mol. The van der Waals surface area contributed by atoms with E-state index in [1.54, 1.807) is 0 Å². The fraction of sp³-hybridized carbons (Fsp3) is 0. The molecule has 0 saturated carbocycles. The van der Waals surface area contributed by atoms with Crippen LogP contribution >= 0.6 is 0 Å². The van der Waals surface area contributed by atoms with Gasteiger partial charge in [0, 0.05) is 0 Å². The van der Waals surface area contributed by atoms with Gasteiger partial charge in [0.05, 0.1) is 0 Å². The normalized spacial score (nSPS) is 9.67. The Balaban J connectivity index is -0.0000000457. The predicted octanol–water partition coefficient (Wildman–Crippen LogP) is -5.24. The van der Waals surface area contributed by atoms with Crippen molar-refractivity contribution in [1.82, 2.24) is 0 Å². The Morgan fingerprint density at radius 2 is 0.667 bits per heavy atom. The maximum atomic E-state index is 8.59. The zero-order valence-corrected chi connectivity index (χ0v) is 11.8. The molecule has 0 aliphatic carbocycles. The number of hydrogen-bond acceptors (Lipinski definition) is 8. The molecule has 0 atom stereocenters. The molecular formula is Cr2FeO8Zn. The molecule has 0 aliphatic rings. The molecule has 0 rings (SSSR count). The van der Waals surface area contributed by atoms with Crippen molar-refractivity contribution in [2.75, 3.05) is 0 Å². The SMILES string of the molecule is [Fe+2].[O]=[Cr](=[O])([O-])[O-].[O]=[Cr](=[O])([O-])[O-].[Zn+2]. The summed E-state index contributed by atoms with van der Waals surface area (Å²) in [5.74, 6) is 0. The third-order valence-electron chi connectivity index (χ3n) is 0. The molecule has 0 fully saturated rings. The van der Waals surface area contributed by atoms with E-state index in [2.05, 4.69) is 0 Å². The topological polar surface area (TPSA) is 161 Å². The van der Waals surface area contributed by atoms with E-state index in [0.717, 1.165) is 0 Å². The van der Waals surface area contributed by atoms with Crippen molar-refractivity contribution in [1.29, 1.82) is 0 Å². The van der Waals surface area contributed by atoms with Crippen molar-refractivity contribution < 1.29 is 95.6 Å². The Bertz CT molecular complexity index is 213. The summed E-state index contributed by atoms with van der Waals surface area (Å²) < 4.78 is 68.8. The van der Waals surface area contributed by atoms with Gasteiger partial charge in [0.25, 0.3) is 0 Å². The van der Waals surface area contributed by atoms with Crippen molar-refractivity contribution >= 4 is 0 Å². The van der Waals surface area contributed by atoms with Crippen LogP contribution in [0.5, 0.6) is 0 Å². The molecule has 0 radical (unpaired) electrons. The van der Waals surface area contributed by atoms with Gasteiger partial charge >= 0.3 is 95.6 Å². The second-order valence-corrected chi connectivity index (χ2v) is 3.37. The van der Waals surface area contributed by atoms with E-state index >= 15 is 0 Å². The number of hydrogen-bond donors (Lipinski definition) is 0. The summed E-state index contributed by atoms with van der Waals surface area (Å²) in [6.07, 6.45) is 0. The minimum atomic E-state index is -5.75. The van der Waals surface area contributed by atoms with Crippen molar-refractivity contribution in [2.24, 2.45) is 0 Å². The van der Waals surface area contributed by atoms with Crippen LogP contribution in [0.25, 0.3) is 0 Å². The second-order valence-electron chi connectivity index (χ2n) is 0.816. The smallest absolute Gasteiger partial charge is 2.00 e. The quantitative estimate of drug-likeness (QED) is 0.390. The van der Waals surface area contributed by atoms with Crippen molar-refractivity contribution in [2.45, 2.75) is 0 Å². The summed E-state index contributed by atoms with van der Waals surface area (Å²) in [4.78, 5) is 0. The first kappa shape index (κ1) is 23.2. The molecule has 0 aromatic carbocycles. The molecule has 0 aromatic heterocycles. The van der Waals surface area contributed by atoms with Gasteiger partial charge in [-0.1, -0.05) is 0 Å². The van der Waals surface area contributed by atoms with E-state index < -0.39 is 27.2 Å². The Kier molecular flexibility index (Phi) is 17.1. The van der Waals surface area contributed by atoms with Gasteiger partial charge in [0.15, 0.2) is 0 Å². The minimum absolute atomic E-state index is 0. The summed E-state index contributed by atoms with van der Waals surface area (Å²) in [7, 11) is 0. The summed E-state index contributed by atoms with van der Waals surface area (Å²) in [5.41, 5.74) is 0. The fourth-order valence-electron chi connectivity index (χ4n) is 0. The van der Waals surface area contributed by atoms with Crippen LogP contribution < -0.4 is 16.6 Å². The zero-order chi connectivity index (χ0) is 9.00. The van der Waals surface area contributed by atoms with Gasteiger partial charge in [-0.25, -0.2) is 0 Å². The predicted molar refractivity (Wildman–Crippen MR) is 2.75 cm³/mol. The van der Waals surface area contributed by atoms with Crippen LogP contribution in [0.1, 0.15) is 0 Å². The summed E-state index contributed by atoms with van der Waals surface area (Å²) >= 11 is -11.5. The van der Waals surface area contributed by atoms with Crippen molar-refractivity contribution in [3.8, 4) is 0 Å². The van der Waals surface area contributed by atoms with E-state index in [4.69, 9.17) is 31.8 Å². The Labute approximate surface area is 95.0 Å². The van der Waals surface area contributed by atoms with E-state index in [0.29, 0.717) is 0 Å². The first-order valence-corrected chi connectivity index (χ1v) is 5.50. The maximum Gasteiger partial charge on any atom is 2.00 e. The second kappa shape index (κ2) is 8.83. The summed E-state index contributed by atoms with van der Waals surface area (Å²) in [6, 6.07) is 0. The van der Waals surface area contributed by atoms with E-state index in [9.17, 15) is 0 Å². The third kappa shape index (κ3) is 759. The van der Waals surface area contributed by atoms with Gasteiger partial charge in [0.1, 0.15) is 0 Å². The average Bonchev–Trinajstić information content (AvgIpc) is 1.12. The summed E-state index contributed by atoms with van der Waals surface area (Å²) in [5, 5.41) is 0. The van der Waals surface area contributed by atoms with E-state index in [1.165, 1.54) is 0 Å². The molecule has 0 aliphatic heterocycles. The Morgan fingerprint density at radius 1 is 0.667 bits per heavy atom. The molecular weight excluding hydrogens is 353 g/mol. The molecule has 0 saturated heterocycles. The molecule has 0 amide bonds. The van der Waals surface area contributed by atoms with E-state index in [-0.39, 0.29) is 36.5 Å². The minimum Gasteiger partial charge on any atom is 2.00 e. The van der Waals surface area contributed by atoms with Crippen molar-refractivity contribution in [3.63, 3.8) is 0 Å². The Hall–Kier alpha value is 1.25. The van der Waals surface area contributed by atoms with Gasteiger partial charge in [-0.2, -0.15) is 0 Å². The fourth-order valence-corrected chi connectivity index (χ4v) is 0. The molecule has 12 heavy (non-hydrogen) atoms. The molecule has 12 heteroatoms. The van der Waals surface area contributed by atoms with E-state index in [1.807, 2.05) is 0 Å². The molecule has 0 spiro atoms. The summed E-state index contributed by atoms with van der Waals surface area (Å²) in [6.45, 7) is 0. The van der Waals surface area contributed by atoms with Crippen LogP contribution in [-0.2, 0) is 79.0 Å². The first-order valence-electron chi connectivity index (χ1n) is 1.33. The largest absolute Gasteiger partial charge is 2.00 e. The molecule has 0 unspecified atom stereocenters. The van der Waals surface area contributed by atoms with Crippen LogP contribution in [0.15, 0.2) is 0 Å².